The maximum atomic E-state index is 5.35. The van der Waals surface area contributed by atoms with Gasteiger partial charge in [-0.2, -0.15) is 4.98 Å². The van der Waals surface area contributed by atoms with E-state index in [0.717, 1.165) is 42.4 Å². The second-order valence-electron chi connectivity index (χ2n) is 5.48. The largest absolute Gasteiger partial charge is 0.480 e. The number of nitrogens with one attached hydrogen (secondary N) is 1. The van der Waals surface area contributed by atoms with Crippen molar-refractivity contribution in [1.82, 2.24) is 20.2 Å². The van der Waals surface area contributed by atoms with Crippen LogP contribution in [0.4, 0.5) is 5.95 Å². The fourth-order valence-electron chi connectivity index (χ4n) is 2.67. The lowest BCUT2D eigenvalue weighted by Crippen LogP contribution is -2.52. The zero-order valence-electron chi connectivity index (χ0n) is 14.3. The van der Waals surface area contributed by atoms with Crippen LogP contribution in [0.2, 0.25) is 0 Å². The lowest BCUT2D eigenvalue weighted by Gasteiger charge is -2.36. The Balaban J connectivity index is 1.57. The summed E-state index contributed by atoms with van der Waals surface area (Å²) in [7, 11) is 3.39. The SMILES string of the molecule is CN=C(NCc1ccco1)N1CCN(c2ncc(Br)c(OC)n2)CC1. The first-order valence-electron chi connectivity index (χ1n) is 8.00. The number of rotatable bonds is 4. The van der Waals surface area contributed by atoms with Crippen molar-refractivity contribution in [3.8, 4) is 5.88 Å². The number of hydrogen-bond donors (Lipinski definition) is 1. The molecule has 0 radical (unpaired) electrons. The highest BCUT2D eigenvalue weighted by Crippen LogP contribution is 2.23. The number of aliphatic imine (C=N–C) groups is 1. The molecule has 0 unspecified atom stereocenters. The van der Waals surface area contributed by atoms with E-state index in [1.54, 1.807) is 26.6 Å². The van der Waals surface area contributed by atoms with Crippen LogP contribution in [0.5, 0.6) is 5.88 Å². The molecule has 0 spiro atoms. The molecule has 8 nitrogen and oxygen atoms in total. The van der Waals surface area contributed by atoms with E-state index in [9.17, 15) is 0 Å². The normalized spacial score (nSPS) is 15.4. The Labute approximate surface area is 155 Å². The molecule has 1 saturated heterocycles. The molecule has 0 aromatic carbocycles. The fraction of sp³-hybridized carbons (Fsp3) is 0.438. The van der Waals surface area contributed by atoms with Gasteiger partial charge < -0.3 is 24.3 Å². The summed E-state index contributed by atoms with van der Waals surface area (Å²) in [6.45, 7) is 3.91. The average Bonchev–Trinajstić information content (AvgIpc) is 3.17. The molecule has 134 valence electrons. The molecule has 0 aliphatic carbocycles. The number of anilines is 1. The van der Waals surface area contributed by atoms with Gasteiger partial charge in [0.2, 0.25) is 11.8 Å². The van der Waals surface area contributed by atoms with Gasteiger partial charge in [-0.05, 0) is 28.1 Å². The van der Waals surface area contributed by atoms with E-state index in [2.05, 4.69) is 46.0 Å². The lowest BCUT2D eigenvalue weighted by atomic mass is 10.3. The second-order valence-corrected chi connectivity index (χ2v) is 6.34. The average molecular weight is 409 g/mol. The molecule has 9 heteroatoms. The van der Waals surface area contributed by atoms with Crippen LogP contribution in [0, 0.1) is 0 Å². The number of nitrogens with zero attached hydrogens (tertiary/aromatic N) is 5. The first-order chi connectivity index (χ1) is 12.2. The summed E-state index contributed by atoms with van der Waals surface area (Å²) >= 11 is 3.38. The van der Waals surface area contributed by atoms with Crippen molar-refractivity contribution in [3.63, 3.8) is 0 Å². The monoisotopic (exact) mass is 408 g/mol. The standard InChI is InChI=1S/C16H21BrN6O2/c1-18-15(19-10-12-4-3-9-25-12)22-5-7-23(8-6-22)16-20-11-13(17)14(21-16)24-2/h3-4,9,11H,5-8,10H2,1-2H3,(H,18,19). The van der Waals surface area contributed by atoms with Crippen LogP contribution < -0.4 is 15.0 Å². The summed E-state index contributed by atoms with van der Waals surface area (Å²) in [5.74, 6) is 2.97. The highest BCUT2D eigenvalue weighted by molar-refractivity contribution is 9.10. The summed E-state index contributed by atoms with van der Waals surface area (Å²) in [5.41, 5.74) is 0. The molecule has 0 atom stereocenters. The minimum atomic E-state index is 0.545. The third kappa shape index (κ3) is 4.22. The summed E-state index contributed by atoms with van der Waals surface area (Å²) in [5, 5.41) is 3.33. The molecule has 1 aliphatic rings. The molecule has 25 heavy (non-hydrogen) atoms. The van der Waals surface area contributed by atoms with Crippen LogP contribution >= 0.6 is 15.9 Å². The van der Waals surface area contributed by atoms with Gasteiger partial charge in [0.05, 0.1) is 30.6 Å². The minimum Gasteiger partial charge on any atom is -0.480 e. The van der Waals surface area contributed by atoms with Gasteiger partial charge in [-0.25, -0.2) is 4.98 Å². The number of hydrogen-bond acceptors (Lipinski definition) is 6. The van der Waals surface area contributed by atoms with Gasteiger partial charge in [0.25, 0.3) is 0 Å². The van der Waals surface area contributed by atoms with E-state index < -0.39 is 0 Å². The molecule has 1 N–H and O–H groups in total. The van der Waals surface area contributed by atoms with Crippen molar-refractivity contribution >= 4 is 27.8 Å². The first-order valence-corrected chi connectivity index (χ1v) is 8.80. The summed E-state index contributed by atoms with van der Waals surface area (Å²) in [6.07, 6.45) is 3.39. The van der Waals surface area contributed by atoms with Crippen molar-refractivity contribution in [2.45, 2.75) is 6.54 Å². The molecular weight excluding hydrogens is 388 g/mol. The molecular formula is C16H21BrN6O2. The molecule has 2 aromatic heterocycles. The van der Waals surface area contributed by atoms with Gasteiger partial charge in [-0.15, -0.1) is 0 Å². The third-order valence-electron chi connectivity index (χ3n) is 3.97. The zero-order chi connectivity index (χ0) is 17.6. The van der Waals surface area contributed by atoms with Crippen LogP contribution in [0.3, 0.4) is 0 Å². The minimum absolute atomic E-state index is 0.545. The van der Waals surface area contributed by atoms with Gasteiger partial charge in [0.15, 0.2) is 5.96 Å². The molecule has 3 rings (SSSR count). The number of aromatic nitrogens is 2. The van der Waals surface area contributed by atoms with Crippen LogP contribution in [0.25, 0.3) is 0 Å². The lowest BCUT2D eigenvalue weighted by molar-refractivity contribution is 0.364. The molecule has 1 fully saturated rings. The molecule has 0 saturated carbocycles. The van der Waals surface area contributed by atoms with Crippen molar-refractivity contribution in [3.05, 3.63) is 34.8 Å². The van der Waals surface area contributed by atoms with Crippen molar-refractivity contribution in [2.24, 2.45) is 4.99 Å². The van der Waals surface area contributed by atoms with Gasteiger partial charge in [-0.1, -0.05) is 0 Å². The second kappa shape index (κ2) is 8.19. The number of guanidine groups is 1. The zero-order valence-corrected chi connectivity index (χ0v) is 15.9. The highest BCUT2D eigenvalue weighted by atomic mass is 79.9. The first kappa shape index (κ1) is 17.5. The van der Waals surface area contributed by atoms with E-state index in [-0.39, 0.29) is 0 Å². The maximum Gasteiger partial charge on any atom is 0.232 e. The predicted molar refractivity (Wildman–Crippen MR) is 99.0 cm³/mol. The van der Waals surface area contributed by atoms with Crippen molar-refractivity contribution in [2.75, 3.05) is 45.2 Å². The molecule has 0 amide bonds. The van der Waals surface area contributed by atoms with E-state index >= 15 is 0 Å². The number of ether oxygens (including phenoxy) is 1. The number of methoxy groups -OCH3 is 1. The quantitative estimate of drug-likeness (QED) is 0.609. The smallest absolute Gasteiger partial charge is 0.232 e. The van der Waals surface area contributed by atoms with Crippen LogP contribution in [0.1, 0.15) is 5.76 Å². The number of halogens is 1. The Morgan fingerprint density at radius 2 is 2.20 bits per heavy atom. The highest BCUT2D eigenvalue weighted by Gasteiger charge is 2.22. The van der Waals surface area contributed by atoms with E-state index in [4.69, 9.17) is 9.15 Å². The van der Waals surface area contributed by atoms with Gasteiger partial charge in [0, 0.05) is 33.2 Å². The van der Waals surface area contributed by atoms with Crippen molar-refractivity contribution < 1.29 is 9.15 Å². The summed E-state index contributed by atoms with van der Waals surface area (Å²) in [4.78, 5) is 17.5. The van der Waals surface area contributed by atoms with E-state index in [1.807, 2.05) is 12.1 Å². The molecule has 3 heterocycles. The Bertz CT molecular complexity index is 713. The summed E-state index contributed by atoms with van der Waals surface area (Å²) in [6, 6.07) is 3.82. The molecule has 2 aromatic rings. The fourth-order valence-corrected chi connectivity index (χ4v) is 3.02. The Morgan fingerprint density at radius 3 is 2.84 bits per heavy atom. The van der Waals surface area contributed by atoms with Crippen LogP contribution in [-0.4, -0.2) is 61.2 Å². The number of furan rings is 1. The third-order valence-corrected chi connectivity index (χ3v) is 4.51. The predicted octanol–water partition coefficient (Wildman–Crippen LogP) is 1.74. The number of piperazine rings is 1. The van der Waals surface area contributed by atoms with E-state index in [1.165, 1.54) is 0 Å². The molecule has 0 bridgehead atoms. The summed E-state index contributed by atoms with van der Waals surface area (Å²) < 4.78 is 11.3. The molecule has 1 aliphatic heterocycles. The topological polar surface area (TPSA) is 79.0 Å². The van der Waals surface area contributed by atoms with Gasteiger partial charge >= 0.3 is 0 Å². The Morgan fingerprint density at radius 1 is 1.40 bits per heavy atom. The van der Waals surface area contributed by atoms with E-state index in [0.29, 0.717) is 18.4 Å². The maximum absolute atomic E-state index is 5.35. The van der Waals surface area contributed by atoms with Crippen molar-refractivity contribution in [1.29, 1.82) is 0 Å². The Kier molecular flexibility index (Phi) is 5.75. The van der Waals surface area contributed by atoms with Crippen LogP contribution in [0.15, 0.2) is 38.5 Å². The van der Waals surface area contributed by atoms with Gasteiger partial charge in [-0.3, -0.25) is 4.99 Å². The van der Waals surface area contributed by atoms with Gasteiger partial charge in [0.1, 0.15) is 5.76 Å². The van der Waals surface area contributed by atoms with Crippen LogP contribution in [-0.2, 0) is 6.54 Å². The Hall–Kier alpha value is -2.29.